The number of aliphatic hydroxyl groups excluding tert-OH is 2. The van der Waals surface area contributed by atoms with Crippen LogP contribution in [0.4, 0.5) is 0 Å². The van der Waals surface area contributed by atoms with E-state index >= 15 is 0 Å². The van der Waals surface area contributed by atoms with Gasteiger partial charge in [-0.2, -0.15) is 0 Å². The van der Waals surface area contributed by atoms with Crippen molar-refractivity contribution >= 4 is 17.7 Å². The Bertz CT molecular complexity index is 1130. The number of nitrogens with zero attached hydrogens (tertiary/aromatic N) is 3. The van der Waals surface area contributed by atoms with E-state index in [1.807, 2.05) is 80.7 Å². The molecule has 50 heavy (non-hydrogen) atoms. The lowest BCUT2D eigenvalue weighted by atomic mass is 9.79. The Hall–Kier alpha value is -2.19. The Morgan fingerprint density at radius 2 is 1.70 bits per heavy atom. The fraction of sp³-hybridized carbons (Fsp3) is 0.816. The molecule has 0 aromatic rings. The first kappa shape index (κ1) is 44.0. The van der Waals surface area contributed by atoms with Crippen molar-refractivity contribution in [2.75, 3.05) is 54.4 Å². The maximum Gasteiger partial charge on any atom is 0.308 e. The van der Waals surface area contributed by atoms with E-state index in [9.17, 15) is 24.6 Å². The van der Waals surface area contributed by atoms with Gasteiger partial charge in [-0.25, -0.2) is 0 Å². The first-order valence-corrected chi connectivity index (χ1v) is 18.5. The highest BCUT2D eigenvalue weighted by atomic mass is 16.7. The summed E-state index contributed by atoms with van der Waals surface area (Å²) in [6.07, 6.45) is 3.39. The molecule has 11 unspecified atom stereocenters. The van der Waals surface area contributed by atoms with Gasteiger partial charge in [0.2, 0.25) is 5.91 Å². The fourth-order valence-corrected chi connectivity index (χ4v) is 7.16. The highest BCUT2D eigenvalue weighted by Gasteiger charge is 2.43. The van der Waals surface area contributed by atoms with Gasteiger partial charge in [0.05, 0.1) is 31.3 Å². The normalized spacial score (nSPS) is 35.4. The van der Waals surface area contributed by atoms with E-state index in [1.54, 1.807) is 17.1 Å². The van der Waals surface area contributed by atoms with E-state index in [4.69, 9.17) is 19.9 Å². The van der Waals surface area contributed by atoms with Crippen molar-refractivity contribution < 1.29 is 38.8 Å². The summed E-state index contributed by atoms with van der Waals surface area (Å²) in [4.78, 5) is 45.6. The minimum Gasteiger partial charge on any atom is -0.462 e. The zero-order valence-electron chi connectivity index (χ0n) is 32.4. The number of amides is 1. The summed E-state index contributed by atoms with van der Waals surface area (Å²) in [5.74, 6) is -2.25. The minimum atomic E-state index is -1.15. The molecule has 2 aliphatic rings. The largest absolute Gasteiger partial charge is 0.462 e. The molecule has 1 saturated heterocycles. The molecule has 0 spiro atoms. The zero-order valence-corrected chi connectivity index (χ0v) is 32.4. The Balaban J connectivity index is 2.61. The van der Waals surface area contributed by atoms with Crippen LogP contribution in [0.3, 0.4) is 0 Å². The topological polar surface area (TPSA) is 155 Å². The van der Waals surface area contributed by atoms with Gasteiger partial charge in [-0.15, -0.1) is 0 Å². The first-order valence-electron chi connectivity index (χ1n) is 18.5. The highest BCUT2D eigenvalue weighted by Crippen LogP contribution is 2.34. The minimum absolute atomic E-state index is 0.0518. The van der Waals surface area contributed by atoms with Crippen LogP contribution < -0.4 is 5.73 Å². The number of allylic oxidation sites excluding steroid dienone is 3. The molecule has 12 nitrogen and oxygen atoms in total. The number of carbonyl (C=O) groups is 3. The first-order chi connectivity index (χ1) is 23.5. The summed E-state index contributed by atoms with van der Waals surface area (Å²) in [7, 11) is 7.76. The van der Waals surface area contributed by atoms with Crippen LogP contribution in [0.25, 0.3) is 0 Å². The van der Waals surface area contributed by atoms with Crippen LogP contribution in [0.5, 0.6) is 0 Å². The van der Waals surface area contributed by atoms with Crippen molar-refractivity contribution in [1.29, 1.82) is 0 Å². The number of hydrogen-bond acceptors (Lipinski definition) is 11. The fourth-order valence-electron chi connectivity index (χ4n) is 7.16. The quantitative estimate of drug-likeness (QED) is 0.257. The number of likely N-dealkylation sites (N-methyl/N-ethyl adjacent to an activating group) is 1. The van der Waals surface area contributed by atoms with Crippen molar-refractivity contribution in [2.45, 2.75) is 123 Å². The van der Waals surface area contributed by atoms with Gasteiger partial charge >= 0.3 is 5.97 Å². The third kappa shape index (κ3) is 13.7. The Morgan fingerprint density at radius 3 is 2.30 bits per heavy atom. The lowest BCUT2D eigenvalue weighted by molar-refractivity contribution is -0.283. The number of rotatable bonds is 12. The van der Waals surface area contributed by atoms with Gasteiger partial charge in [0.1, 0.15) is 12.2 Å². The van der Waals surface area contributed by atoms with Gasteiger partial charge in [0.15, 0.2) is 12.1 Å². The molecule has 0 aromatic heterocycles. The second-order valence-corrected chi connectivity index (χ2v) is 15.2. The second kappa shape index (κ2) is 21.4. The lowest BCUT2D eigenvalue weighted by Crippen LogP contribution is -2.56. The van der Waals surface area contributed by atoms with Gasteiger partial charge in [0, 0.05) is 36.9 Å². The maximum absolute atomic E-state index is 13.6. The highest BCUT2D eigenvalue weighted by molar-refractivity contribution is 5.91. The summed E-state index contributed by atoms with van der Waals surface area (Å²) in [6.45, 7) is 13.0. The van der Waals surface area contributed by atoms with E-state index in [-0.39, 0.29) is 48.6 Å². The smallest absolute Gasteiger partial charge is 0.308 e. The molecule has 0 saturated carbocycles. The van der Waals surface area contributed by atoms with E-state index in [0.29, 0.717) is 38.8 Å². The number of ether oxygens (including phenoxy) is 3. The van der Waals surface area contributed by atoms with E-state index in [2.05, 4.69) is 4.90 Å². The van der Waals surface area contributed by atoms with Crippen molar-refractivity contribution in [3.63, 3.8) is 0 Å². The molecule has 0 aliphatic carbocycles. The average molecular weight is 709 g/mol. The number of esters is 1. The molecule has 11 atom stereocenters. The molecule has 2 heterocycles. The zero-order chi connectivity index (χ0) is 37.7. The lowest BCUT2D eigenvalue weighted by Gasteiger charge is -2.44. The van der Waals surface area contributed by atoms with Crippen LogP contribution in [0, 0.1) is 23.7 Å². The molecule has 2 aliphatic heterocycles. The van der Waals surface area contributed by atoms with Crippen molar-refractivity contribution in [3.05, 3.63) is 23.8 Å². The molecular weight excluding hydrogens is 640 g/mol. The second-order valence-electron chi connectivity index (χ2n) is 15.2. The average Bonchev–Trinajstić information content (AvgIpc) is 3.05. The predicted octanol–water partition coefficient (Wildman–Crippen LogP) is 3.00. The van der Waals surface area contributed by atoms with Gasteiger partial charge in [-0.1, -0.05) is 45.4 Å². The van der Waals surface area contributed by atoms with Gasteiger partial charge in [0.25, 0.3) is 0 Å². The Morgan fingerprint density at radius 1 is 1.02 bits per heavy atom. The van der Waals surface area contributed by atoms with E-state index in [0.717, 1.165) is 18.5 Å². The number of hydrogen-bond donors (Lipinski definition) is 3. The van der Waals surface area contributed by atoms with Crippen LogP contribution in [0.15, 0.2) is 23.8 Å². The summed E-state index contributed by atoms with van der Waals surface area (Å²) in [5.41, 5.74) is 6.70. The number of ketones is 1. The van der Waals surface area contributed by atoms with Gasteiger partial charge in [-0.05, 0) is 92.7 Å². The Labute approximate surface area is 301 Å². The Kier molecular flexibility index (Phi) is 18.8. The van der Waals surface area contributed by atoms with Crippen LogP contribution >= 0.6 is 0 Å². The summed E-state index contributed by atoms with van der Waals surface area (Å²) < 4.78 is 18.8. The summed E-state index contributed by atoms with van der Waals surface area (Å²) in [5, 5.41) is 23.1. The van der Waals surface area contributed by atoms with Crippen molar-refractivity contribution in [3.8, 4) is 0 Å². The third-order valence-corrected chi connectivity index (χ3v) is 10.3. The van der Waals surface area contributed by atoms with Crippen molar-refractivity contribution in [2.24, 2.45) is 29.4 Å². The molecule has 4 N–H and O–H groups in total. The molecule has 2 rings (SSSR count). The number of nitrogens with two attached hydrogens (primary N) is 1. The van der Waals surface area contributed by atoms with E-state index in [1.165, 1.54) is 0 Å². The molecule has 0 bridgehead atoms. The molecule has 1 fully saturated rings. The maximum atomic E-state index is 13.6. The molecule has 0 aromatic carbocycles. The van der Waals surface area contributed by atoms with E-state index < -0.39 is 48.5 Å². The number of carbonyl (C=O) groups excluding carboxylic acids is 3. The van der Waals surface area contributed by atoms with Gasteiger partial charge in [-0.3, -0.25) is 14.4 Å². The van der Waals surface area contributed by atoms with Crippen LogP contribution in [-0.4, -0.2) is 140 Å². The monoisotopic (exact) mass is 709 g/mol. The summed E-state index contributed by atoms with van der Waals surface area (Å²) in [6, 6.07) is -0.229. The molecule has 12 heteroatoms. The molecule has 288 valence electrons. The molecule has 0 radical (unpaired) electrons. The summed E-state index contributed by atoms with van der Waals surface area (Å²) >= 11 is 0. The van der Waals surface area contributed by atoms with Gasteiger partial charge < -0.3 is 44.9 Å². The van der Waals surface area contributed by atoms with Crippen LogP contribution in [-0.2, 0) is 28.6 Å². The SMILES string of the molecule is CCC1OC(=O)CC(O)C(C)C(OC2OC(C)CC(N(C)C)C2O)C(CCN(CCCN(C)C)C(=O)CN)CC(C)C(=O)/C=C/C(C)=C/C1C. The number of cyclic esters (lactones) is 1. The predicted molar refractivity (Wildman–Crippen MR) is 195 cm³/mol. The number of aliphatic hydroxyl groups is 2. The standard InChI is InChI=1S/C38H68N4O8/c1-11-33-26(4)19-24(2)13-14-31(43)25(3)20-29(15-18-42(34(45)23-39)17-12-16-40(7)8)37(28(6)32(44)22-35(46)49-33)50-38-36(47)30(41(9)10)21-27(5)48-38/h13-14,19,25-30,32-33,36-38,44,47H,11-12,15-18,20-23,39H2,1-10H3/b14-13+,24-19+. The van der Waals surface area contributed by atoms with Crippen LogP contribution in [0.1, 0.15) is 80.1 Å². The van der Waals surface area contributed by atoms with Crippen LogP contribution in [0.2, 0.25) is 0 Å². The molecular formula is C38H68N4O8. The molecule has 1 amide bonds. The van der Waals surface area contributed by atoms with Crippen molar-refractivity contribution in [1.82, 2.24) is 14.7 Å². The third-order valence-electron chi connectivity index (χ3n) is 10.3.